The number of nitrogens with one attached hydrogen (secondary N) is 1. The fourth-order valence-electron chi connectivity index (χ4n) is 5.01. The van der Waals surface area contributed by atoms with E-state index in [-0.39, 0.29) is 23.3 Å². The molecule has 1 N–H and O–H groups in total. The molecule has 2 aliphatic rings. The second-order valence-corrected chi connectivity index (χ2v) is 8.35. The number of carbonyl (C=O) groups is 3. The monoisotopic (exact) mass is 445 g/mol. The lowest BCUT2D eigenvalue weighted by Crippen LogP contribution is -2.37. The first-order valence-corrected chi connectivity index (χ1v) is 10.5. The summed E-state index contributed by atoms with van der Waals surface area (Å²) in [7, 11) is 0. The minimum absolute atomic E-state index is 0.0386. The fourth-order valence-corrected chi connectivity index (χ4v) is 5.01. The van der Waals surface area contributed by atoms with Crippen LogP contribution in [0.15, 0.2) is 54.6 Å². The predicted molar refractivity (Wildman–Crippen MR) is 110 cm³/mol. The van der Waals surface area contributed by atoms with E-state index in [9.17, 15) is 27.6 Å². The predicted octanol–water partition coefficient (Wildman–Crippen LogP) is 4.73. The summed E-state index contributed by atoms with van der Waals surface area (Å²) in [6.45, 7) is -0.630. The molecule has 4 rings (SSSR count). The van der Waals surface area contributed by atoms with Gasteiger partial charge in [0.1, 0.15) is 0 Å². The molecule has 0 saturated heterocycles. The van der Waals surface area contributed by atoms with Gasteiger partial charge < -0.3 is 10.1 Å². The lowest BCUT2D eigenvalue weighted by atomic mass is 9.75. The van der Waals surface area contributed by atoms with Crippen LogP contribution in [0.3, 0.4) is 0 Å². The molecule has 0 spiro atoms. The Labute approximate surface area is 183 Å². The summed E-state index contributed by atoms with van der Waals surface area (Å²) in [5.41, 5.74) is -0.389. The number of fused-ring (bicyclic) bond motifs is 2. The van der Waals surface area contributed by atoms with Crippen molar-refractivity contribution in [2.75, 3.05) is 11.9 Å². The quantitative estimate of drug-likeness (QED) is 0.515. The van der Waals surface area contributed by atoms with Crippen LogP contribution in [0, 0.1) is 23.7 Å². The van der Waals surface area contributed by atoms with Crippen molar-refractivity contribution in [3.05, 3.63) is 65.7 Å². The Hall–Kier alpha value is -3.16. The van der Waals surface area contributed by atoms with E-state index in [0.717, 1.165) is 31.4 Å². The van der Waals surface area contributed by atoms with E-state index in [2.05, 4.69) is 5.32 Å². The average Bonchev–Trinajstić information content (AvgIpc) is 3.39. The van der Waals surface area contributed by atoms with Crippen molar-refractivity contribution in [1.82, 2.24) is 0 Å². The molecule has 2 bridgehead atoms. The molecule has 2 aromatic rings. The van der Waals surface area contributed by atoms with E-state index < -0.39 is 42.1 Å². The minimum atomic E-state index is -4.53. The van der Waals surface area contributed by atoms with Gasteiger partial charge in [-0.25, -0.2) is 0 Å². The van der Waals surface area contributed by atoms with Gasteiger partial charge in [0.25, 0.3) is 5.91 Å². The van der Waals surface area contributed by atoms with Crippen molar-refractivity contribution in [3.8, 4) is 0 Å². The number of hydrogen-bond acceptors (Lipinski definition) is 4. The number of ketones is 1. The molecule has 2 aliphatic carbocycles. The van der Waals surface area contributed by atoms with Gasteiger partial charge in [-0.1, -0.05) is 36.4 Å². The Bertz CT molecular complexity index is 1020. The van der Waals surface area contributed by atoms with Crippen LogP contribution < -0.4 is 5.32 Å². The lowest BCUT2D eigenvalue weighted by molar-refractivity contribution is -0.154. The summed E-state index contributed by atoms with van der Waals surface area (Å²) in [6.07, 6.45) is -2.04. The van der Waals surface area contributed by atoms with Crippen LogP contribution in [0.25, 0.3) is 0 Å². The first-order valence-electron chi connectivity index (χ1n) is 10.5. The van der Waals surface area contributed by atoms with Crippen LogP contribution >= 0.6 is 0 Å². The highest BCUT2D eigenvalue weighted by Gasteiger charge is 2.54. The molecule has 1 amide bonds. The van der Waals surface area contributed by atoms with Gasteiger partial charge in [0.05, 0.1) is 11.5 Å². The first-order chi connectivity index (χ1) is 15.2. The zero-order chi connectivity index (χ0) is 22.9. The molecule has 2 saturated carbocycles. The van der Waals surface area contributed by atoms with E-state index in [1.807, 2.05) is 6.07 Å². The average molecular weight is 445 g/mol. The third-order valence-electron chi connectivity index (χ3n) is 6.37. The van der Waals surface area contributed by atoms with E-state index in [4.69, 9.17) is 4.74 Å². The number of amides is 1. The van der Waals surface area contributed by atoms with E-state index in [0.29, 0.717) is 5.56 Å². The number of anilines is 1. The molecule has 2 fully saturated rings. The third kappa shape index (κ3) is 4.54. The molecular formula is C24H22F3NO4. The topological polar surface area (TPSA) is 72.5 Å². The van der Waals surface area contributed by atoms with Crippen molar-refractivity contribution >= 4 is 23.3 Å². The Kier molecular flexibility index (Phi) is 6.04. The molecule has 0 radical (unpaired) electrons. The summed E-state index contributed by atoms with van der Waals surface area (Å²) in [5.74, 6) is -2.37. The van der Waals surface area contributed by atoms with Crippen molar-refractivity contribution < 1.29 is 32.3 Å². The van der Waals surface area contributed by atoms with Crippen LogP contribution in [0.5, 0.6) is 0 Å². The zero-order valence-corrected chi connectivity index (χ0v) is 17.1. The Morgan fingerprint density at radius 2 is 1.62 bits per heavy atom. The SMILES string of the molecule is O=C(COC(=O)[C@@H]1[C@H]2CC[C@@H](C2)[C@H]1C(=O)c1ccccc1)Nc1cccc(C(F)(F)F)c1. The van der Waals surface area contributed by atoms with E-state index >= 15 is 0 Å². The second kappa shape index (κ2) is 8.76. The van der Waals surface area contributed by atoms with Gasteiger partial charge in [0, 0.05) is 17.2 Å². The molecule has 0 aliphatic heterocycles. The maximum absolute atomic E-state index is 13.1. The van der Waals surface area contributed by atoms with Gasteiger partial charge in [0.2, 0.25) is 0 Å². The number of esters is 1. The van der Waals surface area contributed by atoms with Gasteiger partial charge in [-0.05, 0) is 49.3 Å². The second-order valence-electron chi connectivity index (χ2n) is 8.35. The van der Waals surface area contributed by atoms with Crippen molar-refractivity contribution in [2.45, 2.75) is 25.4 Å². The van der Waals surface area contributed by atoms with E-state index in [1.165, 1.54) is 12.1 Å². The van der Waals surface area contributed by atoms with Crippen LogP contribution in [-0.2, 0) is 20.5 Å². The van der Waals surface area contributed by atoms with Crippen LogP contribution in [0.4, 0.5) is 18.9 Å². The van der Waals surface area contributed by atoms with Crippen LogP contribution in [0.2, 0.25) is 0 Å². The molecule has 0 aromatic heterocycles. The minimum Gasteiger partial charge on any atom is -0.455 e. The number of hydrogen-bond donors (Lipinski definition) is 1. The summed E-state index contributed by atoms with van der Waals surface area (Å²) >= 11 is 0. The smallest absolute Gasteiger partial charge is 0.416 e. The normalized spacial score (nSPS) is 24.2. The zero-order valence-electron chi connectivity index (χ0n) is 17.1. The van der Waals surface area contributed by atoms with Crippen LogP contribution in [0.1, 0.15) is 35.2 Å². The van der Waals surface area contributed by atoms with Crippen LogP contribution in [-0.4, -0.2) is 24.3 Å². The lowest BCUT2D eigenvalue weighted by Gasteiger charge is -2.28. The van der Waals surface area contributed by atoms with E-state index in [1.54, 1.807) is 24.3 Å². The number of halogens is 3. The molecule has 2 aromatic carbocycles. The van der Waals surface area contributed by atoms with Gasteiger partial charge in [-0.15, -0.1) is 0 Å². The van der Waals surface area contributed by atoms with Gasteiger partial charge in [-0.2, -0.15) is 13.2 Å². The van der Waals surface area contributed by atoms with Gasteiger partial charge >= 0.3 is 12.1 Å². The summed E-state index contributed by atoms with van der Waals surface area (Å²) in [4.78, 5) is 38.0. The highest BCUT2D eigenvalue weighted by atomic mass is 19.4. The van der Waals surface area contributed by atoms with Crippen molar-refractivity contribution in [2.24, 2.45) is 23.7 Å². The molecule has 4 atom stereocenters. The van der Waals surface area contributed by atoms with Gasteiger partial charge in [-0.3, -0.25) is 14.4 Å². The Morgan fingerprint density at radius 3 is 2.31 bits per heavy atom. The van der Waals surface area contributed by atoms with Gasteiger partial charge in [0.15, 0.2) is 12.4 Å². The highest BCUT2D eigenvalue weighted by Crippen LogP contribution is 2.53. The number of Topliss-reactive ketones (excluding diaryl/α,β-unsaturated/α-hetero) is 1. The molecule has 0 unspecified atom stereocenters. The van der Waals surface area contributed by atoms with Crippen molar-refractivity contribution in [1.29, 1.82) is 0 Å². The number of ether oxygens (including phenoxy) is 1. The maximum Gasteiger partial charge on any atom is 0.416 e. The largest absolute Gasteiger partial charge is 0.455 e. The van der Waals surface area contributed by atoms with Crippen molar-refractivity contribution in [3.63, 3.8) is 0 Å². The molecule has 32 heavy (non-hydrogen) atoms. The number of rotatable bonds is 6. The number of benzene rings is 2. The molecule has 0 heterocycles. The Morgan fingerprint density at radius 1 is 0.938 bits per heavy atom. The summed E-state index contributed by atoms with van der Waals surface area (Å²) < 4.78 is 43.7. The first kappa shape index (κ1) is 22.0. The summed E-state index contributed by atoms with van der Waals surface area (Å²) in [6, 6.07) is 13.0. The molecule has 168 valence electrons. The highest BCUT2D eigenvalue weighted by molar-refractivity contribution is 6.01. The maximum atomic E-state index is 13.1. The Balaban J connectivity index is 1.39. The number of carbonyl (C=O) groups excluding carboxylic acids is 3. The fraction of sp³-hybridized carbons (Fsp3) is 0.375. The summed E-state index contributed by atoms with van der Waals surface area (Å²) in [5, 5.41) is 2.31. The molecule has 8 heteroatoms. The molecular weight excluding hydrogens is 423 g/mol. The molecule has 5 nitrogen and oxygen atoms in total. The standard InChI is InChI=1S/C24H22F3NO4/c25-24(26,27)17-7-4-8-18(12-17)28-19(29)13-32-23(31)21-16-10-9-15(11-16)20(21)22(30)14-5-2-1-3-6-14/h1-8,12,15-16,20-21H,9-11,13H2,(H,28,29)/t15-,16-,20+,21+/m0/s1. The number of alkyl halides is 3. The third-order valence-corrected chi connectivity index (χ3v) is 6.37.